The average molecular weight is 297 g/mol. The summed E-state index contributed by atoms with van der Waals surface area (Å²) >= 11 is 6.18. The number of amides is 1. The van der Waals surface area contributed by atoms with Crippen LogP contribution in [-0.4, -0.2) is 15.5 Å². The van der Waals surface area contributed by atoms with Crippen LogP contribution in [0.5, 0.6) is 0 Å². The highest BCUT2D eigenvalue weighted by molar-refractivity contribution is 6.37. The van der Waals surface area contributed by atoms with E-state index in [1.165, 1.54) is 0 Å². The van der Waals surface area contributed by atoms with Gasteiger partial charge in [0, 0.05) is 11.9 Å². The first-order valence-corrected chi connectivity index (χ1v) is 6.51. The molecule has 0 unspecified atom stereocenters. The van der Waals surface area contributed by atoms with Gasteiger partial charge in [-0.15, -0.1) is 0 Å². The standard InChI is InChI=1S/C15H9ClN4O/c16-13-12-3-1-2-8-20(12)19-14(13)15(21)18-11-6-4-10(9-17)5-7-11/h1-8H,(H,18,21). The molecular formula is C15H9ClN4O. The predicted molar refractivity (Wildman–Crippen MR) is 79.3 cm³/mol. The van der Waals surface area contributed by atoms with Gasteiger partial charge < -0.3 is 5.32 Å². The number of hydrogen-bond acceptors (Lipinski definition) is 3. The van der Waals surface area contributed by atoms with Crippen LogP contribution in [0.15, 0.2) is 48.7 Å². The van der Waals surface area contributed by atoms with Gasteiger partial charge in [-0.1, -0.05) is 17.7 Å². The number of nitriles is 1. The Labute approximate surface area is 125 Å². The summed E-state index contributed by atoms with van der Waals surface area (Å²) in [6.45, 7) is 0. The predicted octanol–water partition coefficient (Wildman–Crippen LogP) is 3.11. The Morgan fingerprint density at radius 3 is 2.67 bits per heavy atom. The number of anilines is 1. The number of pyridine rings is 1. The summed E-state index contributed by atoms with van der Waals surface area (Å²) in [4.78, 5) is 12.2. The van der Waals surface area contributed by atoms with Crippen LogP contribution in [0.25, 0.3) is 5.52 Å². The lowest BCUT2D eigenvalue weighted by Gasteiger charge is -2.03. The van der Waals surface area contributed by atoms with Crippen molar-refractivity contribution in [1.29, 1.82) is 5.26 Å². The van der Waals surface area contributed by atoms with Gasteiger partial charge in [0.1, 0.15) is 0 Å². The third-order valence-corrected chi connectivity index (χ3v) is 3.34. The van der Waals surface area contributed by atoms with Gasteiger partial charge in [-0.05, 0) is 36.4 Å². The highest BCUT2D eigenvalue weighted by atomic mass is 35.5. The molecule has 1 N–H and O–H groups in total. The topological polar surface area (TPSA) is 70.2 Å². The van der Waals surface area contributed by atoms with E-state index in [9.17, 15) is 4.79 Å². The van der Waals surface area contributed by atoms with Gasteiger partial charge in [-0.25, -0.2) is 4.52 Å². The molecule has 0 saturated carbocycles. The minimum absolute atomic E-state index is 0.159. The zero-order valence-corrected chi connectivity index (χ0v) is 11.5. The molecule has 0 fully saturated rings. The summed E-state index contributed by atoms with van der Waals surface area (Å²) in [5, 5.41) is 15.9. The van der Waals surface area contributed by atoms with Crippen molar-refractivity contribution in [2.24, 2.45) is 0 Å². The quantitative estimate of drug-likeness (QED) is 0.790. The number of nitrogens with zero attached hydrogens (tertiary/aromatic N) is 3. The molecule has 0 bridgehead atoms. The number of benzene rings is 1. The van der Waals surface area contributed by atoms with E-state index in [4.69, 9.17) is 16.9 Å². The van der Waals surface area contributed by atoms with Crippen LogP contribution in [0.1, 0.15) is 16.1 Å². The van der Waals surface area contributed by atoms with E-state index in [1.54, 1.807) is 47.1 Å². The van der Waals surface area contributed by atoms with Crippen molar-refractivity contribution < 1.29 is 4.79 Å². The van der Waals surface area contributed by atoms with Crippen LogP contribution >= 0.6 is 11.6 Å². The number of halogens is 1. The molecule has 2 aromatic heterocycles. The highest BCUT2D eigenvalue weighted by Gasteiger charge is 2.17. The number of nitrogens with one attached hydrogen (secondary N) is 1. The fraction of sp³-hybridized carbons (Fsp3) is 0. The average Bonchev–Trinajstić information content (AvgIpc) is 2.86. The van der Waals surface area contributed by atoms with Crippen molar-refractivity contribution >= 4 is 28.7 Å². The molecule has 0 aliphatic rings. The Morgan fingerprint density at radius 2 is 2.00 bits per heavy atom. The Hall–Kier alpha value is -2.84. The summed E-state index contributed by atoms with van der Waals surface area (Å²) in [5.41, 5.74) is 1.93. The van der Waals surface area contributed by atoms with Crippen LogP contribution in [0.4, 0.5) is 5.69 Å². The number of carbonyl (C=O) groups is 1. The van der Waals surface area contributed by atoms with Gasteiger partial charge >= 0.3 is 0 Å². The van der Waals surface area contributed by atoms with Gasteiger partial charge in [-0.3, -0.25) is 4.79 Å². The molecule has 6 heteroatoms. The molecule has 21 heavy (non-hydrogen) atoms. The lowest BCUT2D eigenvalue weighted by Crippen LogP contribution is -2.13. The maximum Gasteiger partial charge on any atom is 0.277 e. The fourth-order valence-corrected chi connectivity index (χ4v) is 2.21. The molecule has 102 valence electrons. The van der Waals surface area contributed by atoms with Crippen molar-refractivity contribution in [3.8, 4) is 6.07 Å². The molecule has 5 nitrogen and oxygen atoms in total. The Kier molecular flexibility index (Phi) is 3.30. The van der Waals surface area contributed by atoms with Crippen LogP contribution in [0.2, 0.25) is 5.02 Å². The second-order valence-electron chi connectivity index (χ2n) is 4.34. The van der Waals surface area contributed by atoms with E-state index < -0.39 is 5.91 Å². The normalized spacial score (nSPS) is 10.3. The Morgan fingerprint density at radius 1 is 1.24 bits per heavy atom. The number of aromatic nitrogens is 2. The van der Waals surface area contributed by atoms with Crippen molar-refractivity contribution in [3.05, 3.63) is 64.9 Å². The Bertz CT molecular complexity index is 862. The number of carbonyl (C=O) groups excluding carboxylic acids is 1. The maximum absolute atomic E-state index is 12.2. The van der Waals surface area contributed by atoms with E-state index in [1.807, 2.05) is 12.1 Å². The molecule has 3 rings (SSSR count). The smallest absolute Gasteiger partial charge is 0.277 e. The fourth-order valence-electron chi connectivity index (χ4n) is 1.93. The van der Waals surface area contributed by atoms with Gasteiger partial charge in [0.15, 0.2) is 5.69 Å². The van der Waals surface area contributed by atoms with Gasteiger partial charge in [0.2, 0.25) is 0 Å². The van der Waals surface area contributed by atoms with E-state index in [-0.39, 0.29) is 5.69 Å². The number of rotatable bonds is 2. The second kappa shape index (κ2) is 5.27. The molecule has 0 aliphatic carbocycles. The SMILES string of the molecule is N#Cc1ccc(NC(=O)c2nn3ccccc3c2Cl)cc1. The van der Waals surface area contributed by atoms with Crippen LogP contribution < -0.4 is 5.32 Å². The van der Waals surface area contributed by atoms with Crippen molar-refractivity contribution in [2.45, 2.75) is 0 Å². The Balaban J connectivity index is 1.90. The van der Waals surface area contributed by atoms with Gasteiger partial charge in [0.25, 0.3) is 5.91 Å². The zero-order valence-electron chi connectivity index (χ0n) is 10.7. The highest BCUT2D eigenvalue weighted by Crippen LogP contribution is 2.22. The summed E-state index contributed by atoms with van der Waals surface area (Å²) in [6.07, 6.45) is 1.72. The van der Waals surface area contributed by atoms with E-state index in [0.717, 1.165) is 0 Å². The second-order valence-corrected chi connectivity index (χ2v) is 4.71. The summed E-state index contributed by atoms with van der Waals surface area (Å²) in [5.74, 6) is -0.395. The van der Waals surface area contributed by atoms with Crippen molar-refractivity contribution in [1.82, 2.24) is 9.61 Å². The van der Waals surface area contributed by atoms with E-state index >= 15 is 0 Å². The summed E-state index contributed by atoms with van der Waals surface area (Å²) in [6, 6.07) is 14.0. The summed E-state index contributed by atoms with van der Waals surface area (Å²) in [7, 11) is 0. The third-order valence-electron chi connectivity index (χ3n) is 2.97. The van der Waals surface area contributed by atoms with Crippen LogP contribution in [-0.2, 0) is 0 Å². The van der Waals surface area contributed by atoms with E-state index in [0.29, 0.717) is 21.8 Å². The monoisotopic (exact) mass is 296 g/mol. The molecule has 0 aliphatic heterocycles. The first-order valence-electron chi connectivity index (χ1n) is 6.13. The lowest BCUT2D eigenvalue weighted by molar-refractivity contribution is 0.102. The molecule has 0 radical (unpaired) electrons. The van der Waals surface area contributed by atoms with Crippen molar-refractivity contribution in [2.75, 3.05) is 5.32 Å². The minimum Gasteiger partial charge on any atom is -0.321 e. The summed E-state index contributed by atoms with van der Waals surface area (Å²) < 4.78 is 1.55. The molecular weight excluding hydrogens is 288 g/mol. The van der Waals surface area contributed by atoms with Gasteiger partial charge in [0.05, 0.1) is 22.2 Å². The minimum atomic E-state index is -0.395. The molecule has 0 saturated heterocycles. The molecule has 0 atom stereocenters. The number of fused-ring (bicyclic) bond motifs is 1. The maximum atomic E-state index is 12.2. The zero-order chi connectivity index (χ0) is 14.8. The van der Waals surface area contributed by atoms with Crippen LogP contribution in [0, 0.1) is 11.3 Å². The molecule has 1 amide bonds. The first kappa shape index (κ1) is 13.2. The van der Waals surface area contributed by atoms with E-state index in [2.05, 4.69) is 10.4 Å². The first-order chi connectivity index (χ1) is 10.2. The lowest BCUT2D eigenvalue weighted by atomic mass is 10.2. The molecule has 2 heterocycles. The molecule has 0 spiro atoms. The molecule has 1 aromatic carbocycles. The van der Waals surface area contributed by atoms with Crippen molar-refractivity contribution in [3.63, 3.8) is 0 Å². The third kappa shape index (κ3) is 2.45. The largest absolute Gasteiger partial charge is 0.321 e. The van der Waals surface area contributed by atoms with Gasteiger partial charge in [-0.2, -0.15) is 10.4 Å². The molecule has 3 aromatic rings. The van der Waals surface area contributed by atoms with Crippen LogP contribution in [0.3, 0.4) is 0 Å². The number of hydrogen-bond donors (Lipinski definition) is 1.